The first kappa shape index (κ1) is 14.5. The number of unbranched alkanes of at least 4 members (excludes halogenated alkanes) is 1. The van der Waals surface area contributed by atoms with Crippen molar-refractivity contribution >= 4 is 11.5 Å². The van der Waals surface area contributed by atoms with Gasteiger partial charge in [-0.3, -0.25) is 0 Å². The highest BCUT2D eigenvalue weighted by Crippen LogP contribution is 2.25. The Morgan fingerprint density at radius 1 is 1.15 bits per heavy atom. The molecule has 3 nitrogen and oxygen atoms in total. The Morgan fingerprint density at radius 3 is 2.55 bits per heavy atom. The van der Waals surface area contributed by atoms with Crippen LogP contribution in [0.25, 0.3) is 0 Å². The number of aliphatic hydroxyl groups is 1. The fourth-order valence-corrected chi connectivity index (χ4v) is 2.25. The van der Waals surface area contributed by atoms with Crippen molar-refractivity contribution in [3.8, 4) is 0 Å². The number of nitrogens with zero attached hydrogens (tertiary/aromatic N) is 2. The van der Waals surface area contributed by atoms with Gasteiger partial charge >= 0.3 is 0 Å². The molecule has 1 heterocycles. The molecule has 0 aliphatic carbocycles. The van der Waals surface area contributed by atoms with E-state index in [1.54, 1.807) is 0 Å². The van der Waals surface area contributed by atoms with E-state index in [4.69, 9.17) is 0 Å². The maximum atomic E-state index is 9.37. The van der Waals surface area contributed by atoms with Crippen LogP contribution in [0.4, 0.5) is 11.5 Å². The number of aryl methyl sites for hydroxylation is 1. The van der Waals surface area contributed by atoms with Gasteiger partial charge in [0.2, 0.25) is 0 Å². The Balaban J connectivity index is 2.38. The second-order valence-electron chi connectivity index (χ2n) is 4.97. The van der Waals surface area contributed by atoms with Gasteiger partial charge in [-0.05, 0) is 43.2 Å². The average molecular weight is 270 g/mol. The van der Waals surface area contributed by atoms with Gasteiger partial charge in [0.15, 0.2) is 0 Å². The Labute approximate surface area is 120 Å². The summed E-state index contributed by atoms with van der Waals surface area (Å²) in [5.74, 6) is 0.911. The molecule has 0 saturated carbocycles. The lowest BCUT2D eigenvalue weighted by Gasteiger charge is -2.24. The van der Waals surface area contributed by atoms with E-state index in [0.717, 1.165) is 42.1 Å². The number of benzene rings is 1. The molecule has 0 fully saturated rings. The first-order valence-corrected chi connectivity index (χ1v) is 7.15. The molecule has 1 N–H and O–H groups in total. The van der Waals surface area contributed by atoms with Crippen LogP contribution >= 0.6 is 0 Å². The number of aliphatic hydroxyl groups excluding tert-OH is 1. The van der Waals surface area contributed by atoms with Crippen LogP contribution in [-0.2, 0) is 6.61 Å². The van der Waals surface area contributed by atoms with E-state index >= 15 is 0 Å². The minimum absolute atomic E-state index is 0.0484. The Bertz CT molecular complexity index is 540. The summed E-state index contributed by atoms with van der Waals surface area (Å²) in [6.45, 7) is 5.13. The van der Waals surface area contributed by atoms with Crippen molar-refractivity contribution in [1.29, 1.82) is 0 Å². The van der Waals surface area contributed by atoms with Gasteiger partial charge in [0.05, 0.1) is 6.61 Å². The van der Waals surface area contributed by atoms with E-state index in [9.17, 15) is 5.11 Å². The molecule has 2 rings (SSSR count). The van der Waals surface area contributed by atoms with Crippen molar-refractivity contribution in [2.75, 3.05) is 11.4 Å². The van der Waals surface area contributed by atoms with Crippen LogP contribution < -0.4 is 4.90 Å². The standard InChI is InChI=1S/C17H22N2O/c1-3-4-10-19(16-8-6-5-7-9-16)17-12-15(13-20)11-14(2)18-17/h5-9,11-12,20H,3-4,10,13H2,1-2H3. The lowest BCUT2D eigenvalue weighted by atomic mass is 10.2. The largest absolute Gasteiger partial charge is 0.392 e. The molecule has 0 aliphatic heterocycles. The van der Waals surface area contributed by atoms with Gasteiger partial charge in [0, 0.05) is 17.9 Å². The van der Waals surface area contributed by atoms with Crippen LogP contribution in [0.15, 0.2) is 42.5 Å². The zero-order valence-electron chi connectivity index (χ0n) is 12.2. The summed E-state index contributed by atoms with van der Waals surface area (Å²) in [5.41, 5.74) is 2.98. The minimum Gasteiger partial charge on any atom is -0.392 e. The Morgan fingerprint density at radius 2 is 1.90 bits per heavy atom. The topological polar surface area (TPSA) is 36.4 Å². The molecule has 0 aliphatic rings. The molecule has 0 atom stereocenters. The van der Waals surface area contributed by atoms with E-state index in [1.807, 2.05) is 37.3 Å². The zero-order valence-corrected chi connectivity index (χ0v) is 12.2. The Kier molecular flexibility index (Phi) is 5.13. The molecule has 20 heavy (non-hydrogen) atoms. The lowest BCUT2D eigenvalue weighted by molar-refractivity contribution is 0.281. The van der Waals surface area contributed by atoms with Gasteiger partial charge in [-0.1, -0.05) is 31.5 Å². The molecule has 0 spiro atoms. The molecule has 1 aromatic heterocycles. The van der Waals surface area contributed by atoms with E-state index < -0.39 is 0 Å². The number of aromatic nitrogens is 1. The molecule has 3 heteroatoms. The third-order valence-electron chi connectivity index (χ3n) is 3.26. The molecule has 2 aromatic rings. The fourth-order valence-electron chi connectivity index (χ4n) is 2.25. The molecular weight excluding hydrogens is 248 g/mol. The van der Waals surface area contributed by atoms with E-state index in [-0.39, 0.29) is 6.61 Å². The van der Waals surface area contributed by atoms with Crippen LogP contribution in [-0.4, -0.2) is 16.6 Å². The van der Waals surface area contributed by atoms with Crippen LogP contribution in [0.2, 0.25) is 0 Å². The van der Waals surface area contributed by atoms with E-state index in [2.05, 4.69) is 28.9 Å². The van der Waals surface area contributed by atoms with Crippen LogP contribution in [0, 0.1) is 6.92 Å². The first-order chi connectivity index (χ1) is 9.74. The second kappa shape index (κ2) is 7.06. The smallest absolute Gasteiger partial charge is 0.133 e. The number of hydrogen-bond donors (Lipinski definition) is 1. The third-order valence-corrected chi connectivity index (χ3v) is 3.26. The van der Waals surface area contributed by atoms with Crippen molar-refractivity contribution in [3.63, 3.8) is 0 Å². The average Bonchev–Trinajstić information content (AvgIpc) is 2.48. The highest BCUT2D eigenvalue weighted by molar-refractivity contribution is 5.60. The number of anilines is 2. The maximum absolute atomic E-state index is 9.37. The highest BCUT2D eigenvalue weighted by Gasteiger charge is 2.11. The molecule has 106 valence electrons. The molecular formula is C17H22N2O. The highest BCUT2D eigenvalue weighted by atomic mass is 16.3. The number of para-hydroxylation sites is 1. The zero-order chi connectivity index (χ0) is 14.4. The first-order valence-electron chi connectivity index (χ1n) is 7.15. The van der Waals surface area contributed by atoms with Gasteiger partial charge in [0.1, 0.15) is 5.82 Å². The van der Waals surface area contributed by atoms with Crippen LogP contribution in [0.1, 0.15) is 31.0 Å². The monoisotopic (exact) mass is 270 g/mol. The molecule has 0 unspecified atom stereocenters. The van der Waals surface area contributed by atoms with E-state index in [1.165, 1.54) is 0 Å². The molecule has 0 amide bonds. The van der Waals surface area contributed by atoms with Crippen molar-refractivity contribution in [2.45, 2.75) is 33.3 Å². The molecule has 1 aromatic carbocycles. The molecule has 0 radical (unpaired) electrons. The predicted molar refractivity (Wildman–Crippen MR) is 83.3 cm³/mol. The predicted octanol–water partition coefficient (Wildman–Crippen LogP) is 3.82. The third kappa shape index (κ3) is 3.58. The van der Waals surface area contributed by atoms with Gasteiger partial charge in [-0.15, -0.1) is 0 Å². The van der Waals surface area contributed by atoms with E-state index in [0.29, 0.717) is 0 Å². The minimum atomic E-state index is 0.0484. The summed E-state index contributed by atoms with van der Waals surface area (Å²) >= 11 is 0. The molecule has 0 saturated heterocycles. The van der Waals surface area contributed by atoms with Crippen molar-refractivity contribution < 1.29 is 5.11 Å². The van der Waals surface area contributed by atoms with Crippen LogP contribution in [0.5, 0.6) is 0 Å². The van der Waals surface area contributed by atoms with Crippen LogP contribution in [0.3, 0.4) is 0 Å². The second-order valence-corrected chi connectivity index (χ2v) is 4.97. The Hall–Kier alpha value is -1.87. The number of rotatable bonds is 6. The van der Waals surface area contributed by atoms with Crippen molar-refractivity contribution in [1.82, 2.24) is 4.98 Å². The quantitative estimate of drug-likeness (QED) is 0.867. The molecule has 0 bridgehead atoms. The number of pyridine rings is 1. The van der Waals surface area contributed by atoms with Gasteiger partial charge in [-0.25, -0.2) is 4.98 Å². The van der Waals surface area contributed by atoms with Gasteiger partial charge in [-0.2, -0.15) is 0 Å². The fraction of sp³-hybridized carbons (Fsp3) is 0.353. The van der Waals surface area contributed by atoms with Crippen molar-refractivity contribution in [3.05, 3.63) is 53.7 Å². The summed E-state index contributed by atoms with van der Waals surface area (Å²) in [7, 11) is 0. The normalized spacial score (nSPS) is 10.6. The van der Waals surface area contributed by atoms with Gasteiger partial charge in [0.25, 0.3) is 0 Å². The van der Waals surface area contributed by atoms with Gasteiger partial charge < -0.3 is 10.0 Å². The summed E-state index contributed by atoms with van der Waals surface area (Å²) in [6.07, 6.45) is 2.25. The summed E-state index contributed by atoms with van der Waals surface area (Å²) in [6, 6.07) is 14.2. The van der Waals surface area contributed by atoms with Crippen molar-refractivity contribution in [2.24, 2.45) is 0 Å². The lowest BCUT2D eigenvalue weighted by Crippen LogP contribution is -2.20. The number of hydrogen-bond acceptors (Lipinski definition) is 3. The summed E-state index contributed by atoms with van der Waals surface area (Å²) < 4.78 is 0. The maximum Gasteiger partial charge on any atom is 0.133 e. The SMILES string of the molecule is CCCCN(c1ccccc1)c1cc(CO)cc(C)n1. The summed E-state index contributed by atoms with van der Waals surface area (Å²) in [4.78, 5) is 6.84. The summed E-state index contributed by atoms with van der Waals surface area (Å²) in [5, 5.41) is 9.37.